The number of fused-ring (bicyclic) bond motifs is 1. The number of anilines is 1. The van der Waals surface area contributed by atoms with Gasteiger partial charge >= 0.3 is 0 Å². The maximum atomic E-state index is 14.0. The first-order chi connectivity index (χ1) is 13.8. The number of benzene rings is 2. The molecule has 4 nitrogen and oxygen atoms in total. The molecule has 0 spiro atoms. The Morgan fingerprint density at radius 1 is 1.10 bits per heavy atom. The molecule has 2 aromatic rings. The van der Waals surface area contributed by atoms with E-state index in [1.165, 1.54) is 42.5 Å². The van der Waals surface area contributed by atoms with Gasteiger partial charge in [0.15, 0.2) is 0 Å². The highest BCUT2D eigenvalue weighted by molar-refractivity contribution is 6.31. The Labute approximate surface area is 172 Å². The number of rotatable bonds is 5. The van der Waals surface area contributed by atoms with Gasteiger partial charge in [-0.15, -0.1) is 0 Å². The molecule has 0 aromatic heterocycles. The topological polar surface area (TPSA) is 58.2 Å². The number of carbonyl (C=O) groups excluding carboxylic acids is 2. The molecule has 0 aliphatic heterocycles. The maximum Gasteiger partial charge on any atom is 0.254 e. The second-order valence-electron chi connectivity index (χ2n) is 8.18. The van der Waals surface area contributed by atoms with Crippen LogP contribution >= 0.6 is 11.6 Å². The number of hydrogen-bond donors (Lipinski definition) is 2. The molecule has 29 heavy (non-hydrogen) atoms. The highest BCUT2D eigenvalue weighted by Gasteiger charge is 2.58. The minimum absolute atomic E-state index is 0.0686. The molecule has 7 heteroatoms. The summed E-state index contributed by atoms with van der Waals surface area (Å²) in [6.07, 6.45) is 2.23. The smallest absolute Gasteiger partial charge is 0.254 e. The molecule has 3 fully saturated rings. The van der Waals surface area contributed by atoms with E-state index >= 15 is 0 Å². The van der Waals surface area contributed by atoms with E-state index in [1.807, 2.05) is 6.92 Å². The van der Waals surface area contributed by atoms with Crippen LogP contribution in [0.2, 0.25) is 5.02 Å². The summed E-state index contributed by atoms with van der Waals surface area (Å²) in [6, 6.07) is 9.55. The van der Waals surface area contributed by atoms with Gasteiger partial charge in [-0.1, -0.05) is 18.5 Å². The number of halogens is 3. The highest BCUT2D eigenvalue weighted by Crippen LogP contribution is 2.58. The summed E-state index contributed by atoms with van der Waals surface area (Å²) in [5.41, 5.74) is 0.0832. The van der Waals surface area contributed by atoms with Crippen LogP contribution in [0, 0.1) is 29.4 Å². The molecule has 0 saturated heterocycles. The van der Waals surface area contributed by atoms with Crippen LogP contribution in [0.5, 0.6) is 0 Å². The van der Waals surface area contributed by atoms with E-state index in [4.69, 9.17) is 11.6 Å². The van der Waals surface area contributed by atoms with Crippen LogP contribution in [0.15, 0.2) is 42.5 Å². The molecular weight excluding hydrogens is 398 g/mol. The number of amides is 2. The van der Waals surface area contributed by atoms with Crippen molar-refractivity contribution in [3.63, 3.8) is 0 Å². The second-order valence-corrected chi connectivity index (χ2v) is 8.62. The van der Waals surface area contributed by atoms with E-state index < -0.39 is 17.3 Å². The Bertz CT molecular complexity index is 958. The average Bonchev–Trinajstić information content (AvgIpc) is 3.20. The van der Waals surface area contributed by atoms with Gasteiger partial charge in [0.05, 0.1) is 5.56 Å². The fourth-order valence-electron chi connectivity index (χ4n) is 4.73. The summed E-state index contributed by atoms with van der Waals surface area (Å²) in [4.78, 5) is 25.2. The summed E-state index contributed by atoms with van der Waals surface area (Å²) in [6.45, 7) is 1.87. The lowest BCUT2D eigenvalue weighted by Gasteiger charge is -2.39. The average molecular weight is 419 g/mol. The van der Waals surface area contributed by atoms with Crippen molar-refractivity contribution in [2.45, 2.75) is 31.7 Å². The predicted molar refractivity (Wildman–Crippen MR) is 107 cm³/mol. The molecule has 5 rings (SSSR count). The highest BCUT2D eigenvalue weighted by atomic mass is 35.5. The van der Waals surface area contributed by atoms with Gasteiger partial charge in [0, 0.05) is 22.2 Å². The minimum Gasteiger partial charge on any atom is -0.346 e. The quantitative estimate of drug-likeness (QED) is 0.733. The Balaban J connectivity index is 1.39. The zero-order valence-electron chi connectivity index (χ0n) is 15.8. The van der Waals surface area contributed by atoms with E-state index in [-0.39, 0.29) is 29.1 Å². The standard InChI is InChI=1S/C22H21ClF2N2O2/c1-12(20(28)26-16-5-3-15(24)4-6-16)18-11-22(9-13(18)10-22)27-21(29)17-8-14(23)2-7-19(17)25/h2-8,12-13,18H,9-11H2,1H3,(H,26,28)(H,27,29)/t12-,13?,18?,22?/m0/s1. The van der Waals surface area contributed by atoms with Crippen molar-refractivity contribution in [2.24, 2.45) is 17.8 Å². The van der Waals surface area contributed by atoms with Gasteiger partial charge in [0.1, 0.15) is 11.6 Å². The van der Waals surface area contributed by atoms with Gasteiger partial charge in [-0.05, 0) is 73.6 Å². The lowest BCUT2D eigenvalue weighted by atomic mass is 9.74. The van der Waals surface area contributed by atoms with Crippen LogP contribution in [0.4, 0.5) is 14.5 Å². The molecule has 3 aliphatic rings. The summed E-state index contributed by atoms with van der Waals surface area (Å²) in [5, 5.41) is 6.10. The lowest BCUT2D eigenvalue weighted by molar-refractivity contribution is -0.121. The molecule has 2 N–H and O–H groups in total. The molecule has 152 valence electrons. The molecule has 3 aliphatic carbocycles. The zero-order chi connectivity index (χ0) is 20.8. The molecular formula is C22H21ClF2N2O2. The Morgan fingerprint density at radius 3 is 2.48 bits per heavy atom. The Morgan fingerprint density at radius 2 is 1.79 bits per heavy atom. The summed E-state index contributed by atoms with van der Waals surface area (Å²) >= 11 is 5.88. The van der Waals surface area contributed by atoms with Crippen LogP contribution in [0.25, 0.3) is 0 Å². The van der Waals surface area contributed by atoms with Crippen molar-refractivity contribution in [1.82, 2.24) is 5.32 Å². The predicted octanol–water partition coefficient (Wildman–Crippen LogP) is 4.79. The SMILES string of the molecule is C[C@H](C(=O)Nc1ccc(F)cc1)C1CC2(NC(=O)c3cc(Cl)ccc3F)CC1C2. The third-order valence-electron chi connectivity index (χ3n) is 6.26. The minimum atomic E-state index is -0.610. The maximum absolute atomic E-state index is 14.0. The normalized spacial score (nSPS) is 25.8. The van der Waals surface area contributed by atoms with Crippen molar-refractivity contribution >= 4 is 29.1 Å². The van der Waals surface area contributed by atoms with E-state index in [2.05, 4.69) is 10.6 Å². The lowest BCUT2D eigenvalue weighted by Crippen LogP contribution is -2.52. The molecule has 3 saturated carbocycles. The van der Waals surface area contributed by atoms with Crippen molar-refractivity contribution in [2.75, 3.05) is 5.32 Å². The van der Waals surface area contributed by atoms with Crippen LogP contribution < -0.4 is 10.6 Å². The van der Waals surface area contributed by atoms with Gasteiger partial charge < -0.3 is 10.6 Å². The summed E-state index contributed by atoms with van der Waals surface area (Å²) in [5.74, 6) is -1.37. The Hall–Kier alpha value is -2.47. The molecule has 2 bridgehead atoms. The monoisotopic (exact) mass is 418 g/mol. The van der Waals surface area contributed by atoms with Gasteiger partial charge in [0.25, 0.3) is 5.91 Å². The number of nitrogens with one attached hydrogen (secondary N) is 2. The van der Waals surface area contributed by atoms with E-state index in [9.17, 15) is 18.4 Å². The van der Waals surface area contributed by atoms with Crippen LogP contribution in [-0.4, -0.2) is 17.4 Å². The number of hydrogen-bond acceptors (Lipinski definition) is 2. The van der Waals surface area contributed by atoms with Crippen LogP contribution in [0.1, 0.15) is 36.5 Å². The fraction of sp³-hybridized carbons (Fsp3) is 0.364. The first-order valence-electron chi connectivity index (χ1n) is 9.60. The van der Waals surface area contributed by atoms with E-state index in [0.29, 0.717) is 23.0 Å². The largest absolute Gasteiger partial charge is 0.346 e. The molecule has 1 unspecified atom stereocenters. The second kappa shape index (κ2) is 7.41. The van der Waals surface area contributed by atoms with E-state index in [0.717, 1.165) is 12.8 Å². The van der Waals surface area contributed by atoms with Crippen molar-refractivity contribution in [1.29, 1.82) is 0 Å². The Kier molecular flexibility index (Phi) is 5.07. The first kappa shape index (κ1) is 19.8. The van der Waals surface area contributed by atoms with Gasteiger partial charge in [-0.2, -0.15) is 0 Å². The molecule has 2 amide bonds. The fourth-order valence-corrected chi connectivity index (χ4v) is 4.90. The summed E-state index contributed by atoms with van der Waals surface area (Å²) < 4.78 is 27.0. The van der Waals surface area contributed by atoms with Crippen molar-refractivity contribution in [3.05, 3.63) is 64.7 Å². The van der Waals surface area contributed by atoms with Crippen LogP contribution in [-0.2, 0) is 4.79 Å². The van der Waals surface area contributed by atoms with Gasteiger partial charge in [0.2, 0.25) is 5.91 Å². The number of carbonyl (C=O) groups is 2. The van der Waals surface area contributed by atoms with Crippen LogP contribution in [0.3, 0.4) is 0 Å². The molecule has 0 radical (unpaired) electrons. The van der Waals surface area contributed by atoms with Gasteiger partial charge in [-0.3, -0.25) is 9.59 Å². The van der Waals surface area contributed by atoms with Crippen molar-refractivity contribution < 1.29 is 18.4 Å². The molecule has 2 atom stereocenters. The van der Waals surface area contributed by atoms with Gasteiger partial charge in [-0.25, -0.2) is 8.78 Å². The first-order valence-corrected chi connectivity index (χ1v) is 9.98. The van der Waals surface area contributed by atoms with Crippen molar-refractivity contribution in [3.8, 4) is 0 Å². The zero-order valence-corrected chi connectivity index (χ0v) is 16.6. The molecule has 2 aromatic carbocycles. The summed E-state index contributed by atoms with van der Waals surface area (Å²) in [7, 11) is 0. The third kappa shape index (κ3) is 3.86. The third-order valence-corrected chi connectivity index (χ3v) is 6.49. The van der Waals surface area contributed by atoms with E-state index in [1.54, 1.807) is 0 Å². The molecule has 0 heterocycles.